The van der Waals surface area contributed by atoms with Crippen molar-refractivity contribution in [3.63, 3.8) is 0 Å². The number of rotatable bonds is 5. The summed E-state index contributed by atoms with van der Waals surface area (Å²) in [5.41, 5.74) is 3.87. The molecule has 0 radical (unpaired) electrons. The number of anilines is 1. The molecule has 2 aromatic rings. The third kappa shape index (κ3) is 4.10. The second kappa shape index (κ2) is 6.95. The third-order valence-corrected chi connectivity index (χ3v) is 3.14. The standard InChI is InChI=1S/C16H20N4O/c1-4-17-10-13-5-7-14(8-6-13)18-16(21)15-9-11(2)19-20-12(15)3/h5-9,17H,4,10H2,1-3H3,(H,18,21). The van der Waals surface area contributed by atoms with Crippen LogP contribution in [0.5, 0.6) is 0 Å². The van der Waals surface area contributed by atoms with Gasteiger partial charge < -0.3 is 10.6 Å². The highest BCUT2D eigenvalue weighted by Crippen LogP contribution is 2.13. The van der Waals surface area contributed by atoms with Crippen molar-refractivity contribution in [1.29, 1.82) is 0 Å². The molecule has 2 N–H and O–H groups in total. The summed E-state index contributed by atoms with van der Waals surface area (Å²) in [6, 6.07) is 9.56. The van der Waals surface area contributed by atoms with Crippen LogP contribution >= 0.6 is 0 Å². The molecule has 0 aliphatic heterocycles. The van der Waals surface area contributed by atoms with Crippen molar-refractivity contribution in [1.82, 2.24) is 15.5 Å². The van der Waals surface area contributed by atoms with E-state index in [1.807, 2.05) is 31.2 Å². The number of hydrogen-bond acceptors (Lipinski definition) is 4. The van der Waals surface area contributed by atoms with E-state index in [1.165, 1.54) is 5.56 Å². The molecular formula is C16H20N4O. The van der Waals surface area contributed by atoms with Crippen LogP contribution in [-0.2, 0) is 6.54 Å². The van der Waals surface area contributed by atoms with Gasteiger partial charge in [0.25, 0.3) is 5.91 Å². The summed E-state index contributed by atoms with van der Waals surface area (Å²) in [7, 11) is 0. The van der Waals surface area contributed by atoms with Crippen LogP contribution in [0.2, 0.25) is 0 Å². The maximum Gasteiger partial charge on any atom is 0.257 e. The van der Waals surface area contributed by atoms with E-state index in [9.17, 15) is 4.79 Å². The first-order valence-corrected chi connectivity index (χ1v) is 7.02. The summed E-state index contributed by atoms with van der Waals surface area (Å²) in [4.78, 5) is 12.3. The molecule has 0 aliphatic carbocycles. The summed E-state index contributed by atoms with van der Waals surface area (Å²) in [6.07, 6.45) is 0. The Bertz CT molecular complexity index is 623. The first-order valence-electron chi connectivity index (χ1n) is 7.02. The summed E-state index contributed by atoms with van der Waals surface area (Å²) < 4.78 is 0. The number of carbonyl (C=O) groups excluding carboxylic acids is 1. The fourth-order valence-electron chi connectivity index (χ4n) is 1.95. The maximum atomic E-state index is 12.3. The van der Waals surface area contributed by atoms with Crippen LogP contribution in [-0.4, -0.2) is 22.6 Å². The van der Waals surface area contributed by atoms with Gasteiger partial charge in [0.15, 0.2) is 0 Å². The van der Waals surface area contributed by atoms with E-state index in [2.05, 4.69) is 27.8 Å². The molecule has 0 saturated heterocycles. The Hall–Kier alpha value is -2.27. The van der Waals surface area contributed by atoms with Crippen LogP contribution in [0.25, 0.3) is 0 Å². The highest BCUT2D eigenvalue weighted by atomic mass is 16.1. The number of nitrogens with one attached hydrogen (secondary N) is 2. The Labute approximate surface area is 124 Å². The van der Waals surface area contributed by atoms with E-state index < -0.39 is 0 Å². The zero-order valence-corrected chi connectivity index (χ0v) is 12.6. The molecule has 5 nitrogen and oxygen atoms in total. The Morgan fingerprint density at radius 1 is 1.14 bits per heavy atom. The van der Waals surface area contributed by atoms with Gasteiger partial charge in [0.05, 0.1) is 17.0 Å². The molecule has 1 aromatic heterocycles. The lowest BCUT2D eigenvalue weighted by Gasteiger charge is -2.08. The van der Waals surface area contributed by atoms with E-state index in [4.69, 9.17) is 0 Å². The number of nitrogens with zero attached hydrogens (tertiary/aromatic N) is 2. The van der Waals surface area contributed by atoms with Gasteiger partial charge in [-0.3, -0.25) is 4.79 Å². The molecule has 0 atom stereocenters. The van der Waals surface area contributed by atoms with Gasteiger partial charge in [-0.1, -0.05) is 19.1 Å². The highest BCUT2D eigenvalue weighted by Gasteiger charge is 2.11. The normalized spacial score (nSPS) is 10.4. The molecule has 0 unspecified atom stereocenters. The maximum absolute atomic E-state index is 12.3. The van der Waals surface area contributed by atoms with Gasteiger partial charge >= 0.3 is 0 Å². The Morgan fingerprint density at radius 2 is 1.86 bits per heavy atom. The fourth-order valence-corrected chi connectivity index (χ4v) is 1.95. The largest absolute Gasteiger partial charge is 0.322 e. The summed E-state index contributed by atoms with van der Waals surface area (Å²) in [6.45, 7) is 7.44. The quantitative estimate of drug-likeness (QED) is 0.885. The lowest BCUT2D eigenvalue weighted by atomic mass is 10.1. The van der Waals surface area contributed by atoms with Gasteiger partial charge in [0.1, 0.15) is 0 Å². The average molecular weight is 284 g/mol. The first-order chi connectivity index (χ1) is 10.1. The van der Waals surface area contributed by atoms with Crippen LogP contribution in [0, 0.1) is 13.8 Å². The predicted octanol–water partition coefficient (Wildman–Crippen LogP) is 2.46. The summed E-state index contributed by atoms with van der Waals surface area (Å²) in [5, 5.41) is 14.0. The van der Waals surface area contributed by atoms with E-state index in [0.29, 0.717) is 11.3 Å². The minimum absolute atomic E-state index is 0.162. The highest BCUT2D eigenvalue weighted by molar-refractivity contribution is 6.05. The molecule has 1 heterocycles. The summed E-state index contributed by atoms with van der Waals surface area (Å²) in [5.74, 6) is -0.162. The minimum Gasteiger partial charge on any atom is -0.322 e. The zero-order chi connectivity index (χ0) is 15.2. The van der Waals surface area contributed by atoms with Gasteiger partial charge in [-0.2, -0.15) is 10.2 Å². The second-order valence-electron chi connectivity index (χ2n) is 4.92. The van der Waals surface area contributed by atoms with Crippen LogP contribution < -0.4 is 10.6 Å². The minimum atomic E-state index is -0.162. The van der Waals surface area contributed by atoms with Crippen molar-refractivity contribution in [3.8, 4) is 0 Å². The molecule has 0 fully saturated rings. The van der Waals surface area contributed by atoms with Crippen molar-refractivity contribution in [3.05, 3.63) is 52.8 Å². The molecule has 0 saturated carbocycles. The van der Waals surface area contributed by atoms with Crippen molar-refractivity contribution >= 4 is 11.6 Å². The van der Waals surface area contributed by atoms with Gasteiger partial charge in [-0.15, -0.1) is 0 Å². The molecule has 1 amide bonds. The number of benzene rings is 1. The van der Waals surface area contributed by atoms with Crippen LogP contribution in [0.1, 0.15) is 34.2 Å². The van der Waals surface area contributed by atoms with E-state index in [0.717, 1.165) is 24.5 Å². The molecule has 110 valence electrons. The second-order valence-corrected chi connectivity index (χ2v) is 4.92. The molecule has 1 aromatic carbocycles. The lowest BCUT2D eigenvalue weighted by Crippen LogP contribution is -2.15. The Kier molecular flexibility index (Phi) is 5.00. The van der Waals surface area contributed by atoms with Crippen molar-refractivity contribution in [2.45, 2.75) is 27.3 Å². The fraction of sp³-hybridized carbons (Fsp3) is 0.312. The van der Waals surface area contributed by atoms with Crippen molar-refractivity contribution < 1.29 is 4.79 Å². The molecular weight excluding hydrogens is 264 g/mol. The van der Waals surface area contributed by atoms with Crippen LogP contribution in [0.3, 0.4) is 0 Å². The third-order valence-electron chi connectivity index (χ3n) is 3.14. The summed E-state index contributed by atoms with van der Waals surface area (Å²) >= 11 is 0. The molecule has 21 heavy (non-hydrogen) atoms. The molecule has 0 spiro atoms. The van der Waals surface area contributed by atoms with Crippen LogP contribution in [0.15, 0.2) is 30.3 Å². The smallest absolute Gasteiger partial charge is 0.257 e. The Balaban J connectivity index is 2.07. The van der Waals surface area contributed by atoms with E-state index in [-0.39, 0.29) is 5.91 Å². The molecule has 0 bridgehead atoms. The van der Waals surface area contributed by atoms with Crippen molar-refractivity contribution in [2.75, 3.05) is 11.9 Å². The first kappa shape index (κ1) is 15.1. The molecule has 5 heteroatoms. The molecule has 0 aliphatic rings. The number of aryl methyl sites for hydroxylation is 2. The monoisotopic (exact) mass is 284 g/mol. The zero-order valence-electron chi connectivity index (χ0n) is 12.6. The van der Waals surface area contributed by atoms with Crippen LogP contribution in [0.4, 0.5) is 5.69 Å². The number of amides is 1. The lowest BCUT2D eigenvalue weighted by molar-refractivity contribution is 0.102. The van der Waals surface area contributed by atoms with Gasteiger partial charge in [-0.25, -0.2) is 0 Å². The average Bonchev–Trinajstić information content (AvgIpc) is 2.49. The number of carbonyl (C=O) groups is 1. The van der Waals surface area contributed by atoms with Gasteiger partial charge in [0.2, 0.25) is 0 Å². The van der Waals surface area contributed by atoms with E-state index in [1.54, 1.807) is 13.0 Å². The SMILES string of the molecule is CCNCc1ccc(NC(=O)c2cc(C)nnc2C)cc1. The van der Waals surface area contributed by atoms with Gasteiger partial charge in [0, 0.05) is 12.2 Å². The van der Waals surface area contributed by atoms with Gasteiger partial charge in [-0.05, 0) is 44.2 Å². The number of aromatic nitrogens is 2. The predicted molar refractivity (Wildman–Crippen MR) is 83.3 cm³/mol. The van der Waals surface area contributed by atoms with Crippen molar-refractivity contribution in [2.24, 2.45) is 0 Å². The van der Waals surface area contributed by atoms with E-state index >= 15 is 0 Å². The Morgan fingerprint density at radius 3 is 2.52 bits per heavy atom. The number of hydrogen-bond donors (Lipinski definition) is 2. The topological polar surface area (TPSA) is 66.9 Å². The molecule has 2 rings (SSSR count).